The van der Waals surface area contributed by atoms with E-state index in [1.165, 1.54) is 0 Å². The molecule has 0 amide bonds. The second kappa shape index (κ2) is 7.42. The van der Waals surface area contributed by atoms with E-state index in [1.54, 1.807) is 0 Å². The predicted octanol–water partition coefficient (Wildman–Crippen LogP) is 5.49. The highest BCUT2D eigenvalue weighted by atomic mass is 35.5. The van der Waals surface area contributed by atoms with Crippen LogP contribution in [0, 0.1) is 18.3 Å². The molecule has 4 heteroatoms. The van der Waals surface area contributed by atoms with Gasteiger partial charge in [0, 0.05) is 40.7 Å². The minimum Gasteiger partial charge on any atom is -0.489 e. The van der Waals surface area contributed by atoms with E-state index in [9.17, 15) is 0 Å². The van der Waals surface area contributed by atoms with Crippen molar-refractivity contribution in [2.24, 2.45) is 0 Å². The first-order chi connectivity index (χ1) is 11.7. The Balaban J connectivity index is 1.73. The van der Waals surface area contributed by atoms with Gasteiger partial charge < -0.3 is 9.30 Å². The quantitative estimate of drug-likeness (QED) is 0.558. The summed E-state index contributed by atoms with van der Waals surface area (Å²) in [5, 5.41) is 10.5. The normalized spacial score (nSPS) is 10.7. The van der Waals surface area contributed by atoms with E-state index in [4.69, 9.17) is 21.6 Å². The van der Waals surface area contributed by atoms with E-state index >= 15 is 0 Å². The van der Waals surface area contributed by atoms with E-state index in [1.807, 2.05) is 37.3 Å². The van der Waals surface area contributed by atoms with Crippen molar-refractivity contribution in [3.63, 3.8) is 0 Å². The summed E-state index contributed by atoms with van der Waals surface area (Å²) in [7, 11) is 0. The number of fused-ring (bicyclic) bond motifs is 1. The molecule has 0 aliphatic rings. The van der Waals surface area contributed by atoms with Gasteiger partial charge in [0.15, 0.2) is 0 Å². The standard InChI is InChI=1S/C20H19ClN2O/c1-15-5-4-6-19(21)18(15)14-24-17-7-8-20-16(13-17)9-12-23(20)11-3-2-10-22/h4-9,12-13H,2-3,11,14H2,1H3. The van der Waals surface area contributed by atoms with Gasteiger partial charge in [0.1, 0.15) is 12.4 Å². The van der Waals surface area contributed by atoms with E-state index in [-0.39, 0.29) is 0 Å². The van der Waals surface area contributed by atoms with Crippen LogP contribution in [0.5, 0.6) is 5.75 Å². The van der Waals surface area contributed by atoms with Crippen LogP contribution in [-0.4, -0.2) is 4.57 Å². The number of nitriles is 1. The van der Waals surface area contributed by atoms with Crippen LogP contribution in [0.15, 0.2) is 48.7 Å². The summed E-state index contributed by atoms with van der Waals surface area (Å²) in [5.41, 5.74) is 3.31. The van der Waals surface area contributed by atoms with Gasteiger partial charge in [-0.2, -0.15) is 5.26 Å². The van der Waals surface area contributed by atoms with E-state index in [0.29, 0.717) is 13.0 Å². The Morgan fingerprint density at radius 2 is 2.08 bits per heavy atom. The van der Waals surface area contributed by atoms with Crippen molar-refractivity contribution in [3.8, 4) is 11.8 Å². The molecule has 122 valence electrons. The molecular weight excluding hydrogens is 320 g/mol. The summed E-state index contributed by atoms with van der Waals surface area (Å²) in [4.78, 5) is 0. The largest absolute Gasteiger partial charge is 0.489 e. The lowest BCUT2D eigenvalue weighted by Gasteiger charge is -2.11. The molecule has 0 spiro atoms. The third-order valence-electron chi connectivity index (χ3n) is 4.17. The van der Waals surface area contributed by atoms with Crippen LogP contribution in [0.2, 0.25) is 5.02 Å². The Morgan fingerprint density at radius 3 is 2.88 bits per heavy atom. The van der Waals surface area contributed by atoms with Crippen molar-refractivity contribution in [1.82, 2.24) is 4.57 Å². The monoisotopic (exact) mass is 338 g/mol. The third kappa shape index (κ3) is 3.55. The molecule has 0 atom stereocenters. The lowest BCUT2D eigenvalue weighted by atomic mass is 10.1. The number of unbranched alkanes of at least 4 members (excludes halogenated alkanes) is 1. The molecule has 0 bridgehead atoms. The Bertz CT molecular complexity index is 872. The van der Waals surface area contributed by atoms with Crippen molar-refractivity contribution >= 4 is 22.5 Å². The molecule has 1 heterocycles. The van der Waals surface area contributed by atoms with Gasteiger partial charge in [-0.3, -0.25) is 0 Å². The molecule has 1 aromatic heterocycles. The zero-order valence-electron chi connectivity index (χ0n) is 13.6. The molecule has 24 heavy (non-hydrogen) atoms. The highest BCUT2D eigenvalue weighted by Gasteiger charge is 2.06. The maximum atomic E-state index is 8.65. The fourth-order valence-electron chi connectivity index (χ4n) is 2.80. The van der Waals surface area contributed by atoms with Gasteiger partial charge in [0.05, 0.1) is 6.07 Å². The summed E-state index contributed by atoms with van der Waals surface area (Å²) >= 11 is 6.25. The first kappa shape index (κ1) is 16.4. The van der Waals surface area contributed by atoms with Gasteiger partial charge in [0.2, 0.25) is 0 Å². The molecular formula is C20H19ClN2O. The van der Waals surface area contributed by atoms with Gasteiger partial charge in [-0.25, -0.2) is 0 Å². The second-order valence-corrected chi connectivity index (χ2v) is 6.22. The lowest BCUT2D eigenvalue weighted by molar-refractivity contribution is 0.306. The number of nitrogens with zero attached hydrogens (tertiary/aromatic N) is 2. The lowest BCUT2D eigenvalue weighted by Crippen LogP contribution is -1.99. The molecule has 3 rings (SSSR count). The fraction of sp³-hybridized carbons (Fsp3) is 0.250. The van der Waals surface area contributed by atoms with Gasteiger partial charge >= 0.3 is 0 Å². The molecule has 0 aliphatic heterocycles. The average Bonchev–Trinajstić information content (AvgIpc) is 2.97. The molecule has 2 aromatic carbocycles. The molecule has 0 N–H and O–H groups in total. The molecule has 0 fully saturated rings. The molecule has 0 aliphatic carbocycles. The Labute approximate surface area is 147 Å². The maximum absolute atomic E-state index is 8.65. The minimum absolute atomic E-state index is 0.458. The zero-order chi connectivity index (χ0) is 16.9. The Morgan fingerprint density at radius 1 is 1.21 bits per heavy atom. The van der Waals surface area contributed by atoms with Gasteiger partial charge in [-0.1, -0.05) is 23.7 Å². The highest BCUT2D eigenvalue weighted by Crippen LogP contribution is 2.25. The van der Waals surface area contributed by atoms with E-state index < -0.39 is 0 Å². The van der Waals surface area contributed by atoms with Crippen LogP contribution in [0.1, 0.15) is 24.0 Å². The zero-order valence-corrected chi connectivity index (χ0v) is 14.4. The average molecular weight is 339 g/mol. The number of rotatable bonds is 6. The molecule has 0 saturated carbocycles. The summed E-state index contributed by atoms with van der Waals surface area (Å²) in [6, 6.07) is 16.2. The van der Waals surface area contributed by atoms with Crippen LogP contribution < -0.4 is 4.74 Å². The number of aromatic nitrogens is 1. The van der Waals surface area contributed by atoms with Crippen molar-refractivity contribution in [3.05, 3.63) is 64.8 Å². The molecule has 0 radical (unpaired) electrons. The van der Waals surface area contributed by atoms with E-state index in [0.717, 1.165) is 45.8 Å². The number of ether oxygens (including phenoxy) is 1. The van der Waals surface area contributed by atoms with Crippen LogP contribution in [0.3, 0.4) is 0 Å². The molecule has 3 nitrogen and oxygen atoms in total. The first-order valence-electron chi connectivity index (χ1n) is 8.01. The van der Waals surface area contributed by atoms with Crippen LogP contribution in [0.25, 0.3) is 10.9 Å². The maximum Gasteiger partial charge on any atom is 0.120 e. The number of halogens is 1. The molecule has 3 aromatic rings. The van der Waals surface area contributed by atoms with Gasteiger partial charge in [-0.15, -0.1) is 0 Å². The third-order valence-corrected chi connectivity index (χ3v) is 4.52. The predicted molar refractivity (Wildman–Crippen MR) is 97.3 cm³/mol. The van der Waals surface area contributed by atoms with Crippen LogP contribution >= 0.6 is 11.6 Å². The van der Waals surface area contributed by atoms with Gasteiger partial charge in [0.25, 0.3) is 0 Å². The van der Waals surface area contributed by atoms with Crippen molar-refractivity contribution in [2.75, 3.05) is 0 Å². The summed E-state index contributed by atoms with van der Waals surface area (Å²) < 4.78 is 8.11. The van der Waals surface area contributed by atoms with Crippen molar-refractivity contribution < 1.29 is 4.74 Å². The number of aryl methyl sites for hydroxylation is 2. The molecule has 0 saturated heterocycles. The number of hydrogen-bond acceptors (Lipinski definition) is 2. The summed E-state index contributed by atoms with van der Waals surface area (Å²) in [6.07, 6.45) is 3.51. The number of benzene rings is 2. The fourth-order valence-corrected chi connectivity index (χ4v) is 3.07. The summed E-state index contributed by atoms with van der Waals surface area (Å²) in [5.74, 6) is 0.830. The van der Waals surface area contributed by atoms with E-state index in [2.05, 4.69) is 29.0 Å². The van der Waals surface area contributed by atoms with Crippen LogP contribution in [0.4, 0.5) is 0 Å². The topological polar surface area (TPSA) is 38.0 Å². The van der Waals surface area contributed by atoms with Crippen molar-refractivity contribution in [2.45, 2.75) is 32.9 Å². The SMILES string of the molecule is Cc1cccc(Cl)c1COc1ccc2c(ccn2CCCC#N)c1. The highest BCUT2D eigenvalue weighted by molar-refractivity contribution is 6.31. The number of hydrogen-bond donors (Lipinski definition) is 0. The Kier molecular flexibility index (Phi) is 5.08. The summed E-state index contributed by atoms with van der Waals surface area (Å²) in [6.45, 7) is 3.35. The van der Waals surface area contributed by atoms with Crippen LogP contribution in [-0.2, 0) is 13.2 Å². The molecule has 0 unspecified atom stereocenters. The minimum atomic E-state index is 0.458. The Hall–Kier alpha value is -2.44. The first-order valence-corrected chi connectivity index (χ1v) is 8.39. The van der Waals surface area contributed by atoms with Gasteiger partial charge in [-0.05, 0) is 49.2 Å². The second-order valence-electron chi connectivity index (χ2n) is 5.82. The smallest absolute Gasteiger partial charge is 0.120 e. The van der Waals surface area contributed by atoms with Crippen molar-refractivity contribution in [1.29, 1.82) is 5.26 Å².